The number of hydrogen-bond donors (Lipinski definition) is 1. The first-order chi connectivity index (χ1) is 8.19. The molecular weight excluding hydrogens is 258 g/mol. The molecule has 1 aromatic carbocycles. The average molecular weight is 268 g/mol. The number of benzene rings is 1. The van der Waals surface area contributed by atoms with Gasteiger partial charge < -0.3 is 10.5 Å². The summed E-state index contributed by atoms with van der Waals surface area (Å²) in [5, 5.41) is 0.258. The monoisotopic (exact) mass is 267 g/mol. The van der Waals surface area contributed by atoms with Gasteiger partial charge in [-0.05, 0) is 18.4 Å². The fourth-order valence-electron chi connectivity index (χ4n) is 1.28. The molecule has 1 aromatic heterocycles. The minimum atomic E-state index is 0.0918. The molecule has 0 saturated heterocycles. The second kappa shape index (κ2) is 5.25. The Hall–Kier alpha value is -1.46. The molecule has 1 heterocycles. The molecule has 0 aliphatic rings. The van der Waals surface area contributed by atoms with E-state index in [1.165, 1.54) is 6.07 Å². The van der Waals surface area contributed by atoms with Crippen LogP contribution in [-0.4, -0.2) is 16.2 Å². The lowest BCUT2D eigenvalue weighted by Crippen LogP contribution is -1.97. The van der Waals surface area contributed by atoms with Crippen LogP contribution in [0.2, 0.25) is 5.15 Å². The summed E-state index contributed by atoms with van der Waals surface area (Å²) in [6, 6.07) is 9.18. The third kappa shape index (κ3) is 3.01. The lowest BCUT2D eigenvalue weighted by molar-refractivity contribution is 0.452. The molecule has 4 nitrogen and oxygen atoms in total. The van der Waals surface area contributed by atoms with Gasteiger partial charge in [-0.15, -0.1) is 11.8 Å². The predicted octanol–water partition coefficient (Wildman–Crippen LogP) is 3.23. The largest absolute Gasteiger partial charge is 0.438 e. The van der Waals surface area contributed by atoms with E-state index < -0.39 is 0 Å². The fraction of sp³-hybridized carbons (Fsp3) is 0.0909. The van der Waals surface area contributed by atoms with Crippen LogP contribution in [0.15, 0.2) is 35.2 Å². The minimum absolute atomic E-state index is 0.0918. The SMILES string of the molecule is CSc1ccccc1Oc1cc(Cl)nc(N)n1. The van der Waals surface area contributed by atoms with Crippen molar-refractivity contribution in [1.82, 2.24) is 9.97 Å². The number of halogens is 1. The molecule has 2 aromatic rings. The van der Waals surface area contributed by atoms with E-state index in [1.807, 2.05) is 30.5 Å². The molecule has 0 fully saturated rings. The first-order valence-electron chi connectivity index (χ1n) is 4.80. The van der Waals surface area contributed by atoms with E-state index in [9.17, 15) is 0 Å². The number of nitrogen functional groups attached to an aromatic ring is 1. The molecule has 0 amide bonds. The molecule has 6 heteroatoms. The van der Waals surface area contributed by atoms with Crippen LogP contribution >= 0.6 is 23.4 Å². The number of rotatable bonds is 3. The van der Waals surface area contributed by atoms with Gasteiger partial charge in [-0.1, -0.05) is 23.7 Å². The molecular formula is C11H10ClN3OS. The van der Waals surface area contributed by atoms with Gasteiger partial charge in [0.2, 0.25) is 11.8 Å². The molecule has 0 spiro atoms. The molecule has 0 radical (unpaired) electrons. The van der Waals surface area contributed by atoms with E-state index in [2.05, 4.69) is 9.97 Å². The van der Waals surface area contributed by atoms with Crippen LogP contribution in [0.25, 0.3) is 0 Å². The highest BCUT2D eigenvalue weighted by atomic mass is 35.5. The molecule has 2 rings (SSSR count). The standard InChI is InChI=1S/C11H10ClN3OS/c1-17-8-5-3-2-4-7(8)16-10-6-9(12)14-11(13)15-10/h2-6H,1H3,(H2,13,14,15). The van der Waals surface area contributed by atoms with Crippen LogP contribution in [0, 0.1) is 0 Å². The van der Waals surface area contributed by atoms with Gasteiger partial charge in [0, 0.05) is 11.0 Å². The maximum atomic E-state index is 5.77. The Morgan fingerprint density at radius 3 is 2.76 bits per heavy atom. The molecule has 2 N–H and O–H groups in total. The van der Waals surface area contributed by atoms with Gasteiger partial charge in [-0.25, -0.2) is 4.98 Å². The van der Waals surface area contributed by atoms with E-state index in [4.69, 9.17) is 22.1 Å². The topological polar surface area (TPSA) is 61.0 Å². The molecule has 0 unspecified atom stereocenters. The van der Waals surface area contributed by atoms with Crippen molar-refractivity contribution < 1.29 is 4.74 Å². The van der Waals surface area contributed by atoms with E-state index in [0.717, 1.165) is 4.90 Å². The highest BCUT2D eigenvalue weighted by molar-refractivity contribution is 7.98. The number of para-hydroxylation sites is 1. The van der Waals surface area contributed by atoms with Crippen LogP contribution in [0.4, 0.5) is 5.95 Å². The lowest BCUT2D eigenvalue weighted by atomic mass is 10.3. The van der Waals surface area contributed by atoms with Crippen molar-refractivity contribution in [3.63, 3.8) is 0 Å². The predicted molar refractivity (Wildman–Crippen MR) is 69.8 cm³/mol. The van der Waals surface area contributed by atoms with Crippen molar-refractivity contribution in [1.29, 1.82) is 0 Å². The van der Waals surface area contributed by atoms with Crippen molar-refractivity contribution in [2.75, 3.05) is 12.0 Å². The Morgan fingerprint density at radius 1 is 1.29 bits per heavy atom. The zero-order valence-electron chi connectivity index (χ0n) is 9.05. The summed E-state index contributed by atoms with van der Waals surface area (Å²) >= 11 is 7.36. The first-order valence-corrected chi connectivity index (χ1v) is 6.40. The van der Waals surface area contributed by atoms with Crippen molar-refractivity contribution in [3.05, 3.63) is 35.5 Å². The zero-order chi connectivity index (χ0) is 12.3. The van der Waals surface area contributed by atoms with Crippen molar-refractivity contribution in [2.24, 2.45) is 0 Å². The van der Waals surface area contributed by atoms with Crippen LogP contribution in [0.3, 0.4) is 0 Å². The summed E-state index contributed by atoms with van der Waals surface area (Å²) < 4.78 is 5.63. The van der Waals surface area contributed by atoms with Gasteiger partial charge in [0.15, 0.2) is 0 Å². The smallest absolute Gasteiger partial charge is 0.225 e. The van der Waals surface area contributed by atoms with Gasteiger partial charge in [0.05, 0.1) is 0 Å². The van der Waals surface area contributed by atoms with Crippen LogP contribution < -0.4 is 10.5 Å². The molecule has 0 atom stereocenters. The minimum Gasteiger partial charge on any atom is -0.438 e. The Bertz CT molecular complexity index is 516. The quantitative estimate of drug-likeness (QED) is 0.683. The maximum Gasteiger partial charge on any atom is 0.225 e. The third-order valence-electron chi connectivity index (χ3n) is 1.97. The summed E-state index contributed by atoms with van der Waals surface area (Å²) in [5.41, 5.74) is 5.49. The Balaban J connectivity index is 2.31. The molecule has 0 aliphatic heterocycles. The first kappa shape index (κ1) is 12.0. The van der Waals surface area contributed by atoms with Gasteiger partial charge in [0.1, 0.15) is 10.9 Å². The second-order valence-electron chi connectivity index (χ2n) is 3.14. The van der Waals surface area contributed by atoms with Gasteiger partial charge in [-0.2, -0.15) is 4.98 Å². The summed E-state index contributed by atoms with van der Waals surface area (Å²) in [5.74, 6) is 1.15. The molecule has 0 aliphatic carbocycles. The normalized spacial score (nSPS) is 10.2. The number of ether oxygens (including phenoxy) is 1. The average Bonchev–Trinajstić information content (AvgIpc) is 2.28. The summed E-state index contributed by atoms with van der Waals surface area (Å²) in [6.45, 7) is 0. The van der Waals surface area contributed by atoms with E-state index >= 15 is 0 Å². The Labute approximate surface area is 108 Å². The highest BCUT2D eigenvalue weighted by Crippen LogP contribution is 2.31. The number of aromatic nitrogens is 2. The molecule has 0 bridgehead atoms. The summed E-state index contributed by atoms with van der Waals surface area (Å²) in [6.07, 6.45) is 1.98. The number of anilines is 1. The fourth-order valence-corrected chi connectivity index (χ4v) is 1.99. The van der Waals surface area contributed by atoms with Crippen molar-refractivity contribution in [3.8, 4) is 11.6 Å². The summed E-state index contributed by atoms with van der Waals surface area (Å²) in [4.78, 5) is 8.74. The molecule has 17 heavy (non-hydrogen) atoms. The lowest BCUT2D eigenvalue weighted by Gasteiger charge is -2.08. The van der Waals surface area contributed by atoms with Crippen molar-refractivity contribution in [2.45, 2.75) is 4.90 Å². The number of nitrogens with zero attached hydrogens (tertiary/aromatic N) is 2. The number of hydrogen-bond acceptors (Lipinski definition) is 5. The zero-order valence-corrected chi connectivity index (χ0v) is 10.6. The third-order valence-corrected chi connectivity index (χ3v) is 2.94. The highest BCUT2D eigenvalue weighted by Gasteiger charge is 2.06. The van der Waals surface area contributed by atoms with Gasteiger partial charge in [0.25, 0.3) is 0 Å². The van der Waals surface area contributed by atoms with Crippen molar-refractivity contribution >= 4 is 29.3 Å². The molecule has 0 saturated carbocycles. The Kier molecular flexibility index (Phi) is 3.71. The maximum absolute atomic E-state index is 5.77. The van der Waals surface area contributed by atoms with E-state index in [0.29, 0.717) is 11.6 Å². The van der Waals surface area contributed by atoms with E-state index in [-0.39, 0.29) is 11.1 Å². The second-order valence-corrected chi connectivity index (χ2v) is 4.38. The van der Waals surface area contributed by atoms with E-state index in [1.54, 1.807) is 11.8 Å². The summed E-state index contributed by atoms with van der Waals surface area (Å²) in [7, 11) is 0. The van der Waals surface area contributed by atoms with Crippen LogP contribution in [0.5, 0.6) is 11.6 Å². The number of nitrogens with two attached hydrogens (primary N) is 1. The van der Waals surface area contributed by atoms with Gasteiger partial charge >= 0.3 is 0 Å². The van der Waals surface area contributed by atoms with Crippen LogP contribution in [0.1, 0.15) is 0 Å². The number of thioether (sulfide) groups is 1. The van der Waals surface area contributed by atoms with Crippen LogP contribution in [-0.2, 0) is 0 Å². The Morgan fingerprint density at radius 2 is 2.06 bits per heavy atom. The van der Waals surface area contributed by atoms with Gasteiger partial charge in [-0.3, -0.25) is 0 Å². The molecule has 88 valence electrons.